The molecule has 31 heavy (non-hydrogen) atoms. The number of benzene rings is 4. The second kappa shape index (κ2) is 8.63. The van der Waals surface area contributed by atoms with E-state index in [1.54, 1.807) is 0 Å². The third-order valence-corrected chi connectivity index (χ3v) is 5.61. The van der Waals surface area contributed by atoms with Gasteiger partial charge in [-0.1, -0.05) is 103 Å². The molecule has 3 heteroatoms. The van der Waals surface area contributed by atoms with E-state index in [0.717, 1.165) is 38.8 Å². The Morgan fingerprint density at radius 1 is 0.613 bits per heavy atom. The van der Waals surface area contributed by atoms with Crippen molar-refractivity contribution in [2.75, 3.05) is 0 Å². The summed E-state index contributed by atoms with van der Waals surface area (Å²) in [5.41, 5.74) is 6.51. The zero-order valence-electron chi connectivity index (χ0n) is 16.9. The molecule has 1 aliphatic heterocycles. The molecule has 150 valence electrons. The largest absolute Gasteiger partial charge is 0.359 e. The minimum Gasteiger partial charge on any atom is -0.359 e. The maximum atomic E-state index is 6.22. The highest BCUT2D eigenvalue weighted by Crippen LogP contribution is 2.30. The summed E-state index contributed by atoms with van der Waals surface area (Å²) in [6.07, 6.45) is 2.19. The summed E-state index contributed by atoms with van der Waals surface area (Å²) in [5, 5.41) is 4.33. The molecule has 2 nitrogen and oxygen atoms in total. The van der Waals surface area contributed by atoms with E-state index in [4.69, 9.17) is 16.6 Å². The second-order valence-electron chi connectivity index (χ2n) is 7.50. The van der Waals surface area contributed by atoms with Gasteiger partial charge in [-0.05, 0) is 41.0 Å². The first-order valence-corrected chi connectivity index (χ1v) is 10.7. The summed E-state index contributed by atoms with van der Waals surface area (Å²) in [5.74, 6) is 0.875. The number of halogens is 1. The van der Waals surface area contributed by atoms with Gasteiger partial charge in [-0.25, -0.2) is 4.99 Å². The van der Waals surface area contributed by atoms with E-state index in [1.165, 1.54) is 5.56 Å². The van der Waals surface area contributed by atoms with Crippen LogP contribution >= 0.6 is 11.6 Å². The standard InChI is InChI=1S/C28H21ClN2/c29-25-16-8-14-23(18-25)22-13-7-15-24(17-22)27-19-26(20-9-3-1-4-10-20)30-28(31-27)21-11-5-2-6-12-21/h1-19,26H,(H,30,31). The first kappa shape index (κ1) is 19.3. The van der Waals surface area contributed by atoms with Crippen molar-refractivity contribution in [3.05, 3.63) is 137 Å². The summed E-state index contributed by atoms with van der Waals surface area (Å²) in [4.78, 5) is 4.99. The zero-order valence-corrected chi connectivity index (χ0v) is 17.6. The number of aliphatic imine (C=N–C) groups is 1. The van der Waals surface area contributed by atoms with Gasteiger partial charge in [0.05, 0.1) is 11.7 Å². The smallest absolute Gasteiger partial charge is 0.134 e. The number of nitrogens with zero attached hydrogens (tertiary/aromatic N) is 1. The van der Waals surface area contributed by atoms with Gasteiger partial charge in [0.15, 0.2) is 0 Å². The lowest BCUT2D eigenvalue weighted by atomic mass is 9.98. The molecule has 1 N–H and O–H groups in total. The summed E-state index contributed by atoms with van der Waals surface area (Å²) in [6, 6.07) is 37.2. The SMILES string of the molecule is Clc1cccc(-c2cccc(C3=CC(c4ccccc4)NC(c4ccccc4)=N3)c2)c1. The lowest BCUT2D eigenvalue weighted by molar-refractivity contribution is 0.781. The molecule has 0 aromatic heterocycles. The van der Waals surface area contributed by atoms with Crippen LogP contribution in [-0.2, 0) is 0 Å². The van der Waals surface area contributed by atoms with Gasteiger partial charge in [-0.3, -0.25) is 0 Å². The van der Waals surface area contributed by atoms with E-state index >= 15 is 0 Å². The van der Waals surface area contributed by atoms with Crippen molar-refractivity contribution in [2.24, 2.45) is 4.99 Å². The second-order valence-corrected chi connectivity index (χ2v) is 7.94. The lowest BCUT2D eigenvalue weighted by Crippen LogP contribution is -2.31. The Balaban J connectivity index is 1.59. The maximum absolute atomic E-state index is 6.22. The molecule has 0 amide bonds. The molecule has 5 rings (SSSR count). The average molecular weight is 421 g/mol. The molecule has 0 saturated heterocycles. The molecule has 0 aliphatic carbocycles. The van der Waals surface area contributed by atoms with Crippen LogP contribution in [0.25, 0.3) is 16.8 Å². The molecule has 0 radical (unpaired) electrons. The van der Waals surface area contributed by atoms with Gasteiger partial charge in [0, 0.05) is 16.1 Å². The fourth-order valence-electron chi connectivity index (χ4n) is 3.81. The molecule has 1 atom stereocenters. The van der Waals surface area contributed by atoms with Gasteiger partial charge in [0.1, 0.15) is 5.84 Å². The lowest BCUT2D eigenvalue weighted by Gasteiger charge is -2.24. The number of amidine groups is 1. The first-order chi connectivity index (χ1) is 15.3. The number of hydrogen-bond acceptors (Lipinski definition) is 2. The van der Waals surface area contributed by atoms with Gasteiger partial charge < -0.3 is 5.32 Å². The van der Waals surface area contributed by atoms with Crippen LogP contribution in [0.1, 0.15) is 22.7 Å². The highest BCUT2D eigenvalue weighted by Gasteiger charge is 2.19. The number of rotatable bonds is 4. The Morgan fingerprint density at radius 3 is 1.97 bits per heavy atom. The molecule has 4 aromatic rings. The van der Waals surface area contributed by atoms with Crippen molar-refractivity contribution in [2.45, 2.75) is 6.04 Å². The van der Waals surface area contributed by atoms with Crippen LogP contribution in [0, 0.1) is 0 Å². The van der Waals surface area contributed by atoms with Crippen molar-refractivity contribution in [3.8, 4) is 11.1 Å². The van der Waals surface area contributed by atoms with Gasteiger partial charge in [0.25, 0.3) is 0 Å². The first-order valence-electron chi connectivity index (χ1n) is 10.3. The van der Waals surface area contributed by atoms with Crippen molar-refractivity contribution in [1.29, 1.82) is 0 Å². The molecule has 1 heterocycles. The molecule has 1 unspecified atom stereocenters. The monoisotopic (exact) mass is 420 g/mol. The molecular formula is C28H21ClN2. The quantitative estimate of drug-likeness (QED) is 0.372. The number of nitrogens with one attached hydrogen (secondary N) is 1. The van der Waals surface area contributed by atoms with Crippen molar-refractivity contribution < 1.29 is 0 Å². The third kappa shape index (κ3) is 4.30. The van der Waals surface area contributed by atoms with Crippen molar-refractivity contribution >= 4 is 23.1 Å². The predicted molar refractivity (Wildman–Crippen MR) is 130 cm³/mol. The zero-order chi connectivity index (χ0) is 21.0. The molecule has 4 aromatic carbocycles. The summed E-state index contributed by atoms with van der Waals surface area (Å²) >= 11 is 6.22. The Kier molecular flexibility index (Phi) is 5.39. The van der Waals surface area contributed by atoms with Crippen LogP contribution in [-0.4, -0.2) is 5.84 Å². The summed E-state index contributed by atoms with van der Waals surface area (Å²) in [7, 11) is 0. The van der Waals surface area contributed by atoms with Crippen molar-refractivity contribution in [3.63, 3.8) is 0 Å². The van der Waals surface area contributed by atoms with Gasteiger partial charge in [0.2, 0.25) is 0 Å². The highest BCUT2D eigenvalue weighted by molar-refractivity contribution is 6.30. The molecular weight excluding hydrogens is 400 g/mol. The van der Waals surface area contributed by atoms with Crippen LogP contribution in [0.4, 0.5) is 0 Å². The fourth-order valence-corrected chi connectivity index (χ4v) is 4.00. The fraction of sp³-hybridized carbons (Fsp3) is 0.0357. The van der Waals surface area contributed by atoms with E-state index in [2.05, 4.69) is 78.1 Å². The minimum absolute atomic E-state index is 0.0405. The van der Waals surface area contributed by atoms with Crippen LogP contribution in [0.15, 0.2) is 120 Å². The van der Waals surface area contributed by atoms with E-state index in [-0.39, 0.29) is 6.04 Å². The van der Waals surface area contributed by atoms with Crippen LogP contribution in [0.5, 0.6) is 0 Å². The Labute approximate surface area is 187 Å². The molecule has 0 saturated carbocycles. The average Bonchev–Trinajstić information content (AvgIpc) is 2.85. The van der Waals surface area contributed by atoms with E-state index in [1.807, 2.05) is 42.5 Å². The minimum atomic E-state index is 0.0405. The summed E-state index contributed by atoms with van der Waals surface area (Å²) < 4.78 is 0. The van der Waals surface area contributed by atoms with Crippen LogP contribution in [0.2, 0.25) is 5.02 Å². The Hall–Kier alpha value is -3.62. The van der Waals surface area contributed by atoms with Crippen LogP contribution < -0.4 is 5.32 Å². The molecule has 0 bridgehead atoms. The van der Waals surface area contributed by atoms with Crippen LogP contribution in [0.3, 0.4) is 0 Å². The van der Waals surface area contributed by atoms with E-state index < -0.39 is 0 Å². The Bertz CT molecular complexity index is 1260. The maximum Gasteiger partial charge on any atom is 0.134 e. The number of hydrogen-bond donors (Lipinski definition) is 1. The molecule has 1 aliphatic rings. The normalized spacial score (nSPS) is 15.6. The molecule has 0 fully saturated rings. The van der Waals surface area contributed by atoms with E-state index in [0.29, 0.717) is 0 Å². The predicted octanol–water partition coefficient (Wildman–Crippen LogP) is 7.14. The molecule has 0 spiro atoms. The summed E-state index contributed by atoms with van der Waals surface area (Å²) in [6.45, 7) is 0. The Morgan fingerprint density at radius 2 is 1.23 bits per heavy atom. The highest BCUT2D eigenvalue weighted by atomic mass is 35.5. The topological polar surface area (TPSA) is 24.4 Å². The third-order valence-electron chi connectivity index (χ3n) is 5.37. The van der Waals surface area contributed by atoms with E-state index in [9.17, 15) is 0 Å². The van der Waals surface area contributed by atoms with Gasteiger partial charge >= 0.3 is 0 Å². The van der Waals surface area contributed by atoms with Crippen molar-refractivity contribution in [1.82, 2.24) is 5.32 Å². The van der Waals surface area contributed by atoms with Gasteiger partial charge in [-0.15, -0.1) is 0 Å². The van der Waals surface area contributed by atoms with Gasteiger partial charge in [-0.2, -0.15) is 0 Å².